The first-order chi connectivity index (χ1) is 12.3. The summed E-state index contributed by atoms with van der Waals surface area (Å²) in [6.45, 7) is 0. The van der Waals surface area contributed by atoms with E-state index in [9.17, 15) is 22.8 Å². The number of alkyl halides is 3. The van der Waals surface area contributed by atoms with Crippen molar-refractivity contribution in [2.45, 2.75) is 25.4 Å². The van der Waals surface area contributed by atoms with Crippen LogP contribution in [-0.4, -0.2) is 15.3 Å². The number of Topliss-reactive ketones (excluding diaryl/α,β-unsaturated/α-hetero) is 1. The molecule has 0 aliphatic heterocycles. The van der Waals surface area contributed by atoms with E-state index in [1.165, 1.54) is 28.0 Å². The van der Waals surface area contributed by atoms with Crippen LogP contribution in [-0.2, 0) is 23.8 Å². The fourth-order valence-corrected chi connectivity index (χ4v) is 4.78. The molecule has 4 nitrogen and oxygen atoms in total. The quantitative estimate of drug-likeness (QED) is 0.628. The smallest absolute Gasteiger partial charge is 0.323 e. The summed E-state index contributed by atoms with van der Waals surface area (Å²) in [6, 6.07) is 4.29. The van der Waals surface area contributed by atoms with Crippen molar-refractivity contribution in [3.8, 4) is 5.69 Å². The van der Waals surface area contributed by atoms with Crippen LogP contribution >= 0.6 is 23.6 Å². The van der Waals surface area contributed by atoms with Gasteiger partial charge in [0.15, 0.2) is 4.77 Å². The number of aryl methyl sites for hydroxylation is 1. The Labute approximate surface area is 153 Å². The van der Waals surface area contributed by atoms with Gasteiger partial charge in [-0.25, -0.2) is 0 Å². The van der Waals surface area contributed by atoms with Gasteiger partial charge in [-0.3, -0.25) is 14.2 Å². The van der Waals surface area contributed by atoms with Gasteiger partial charge in [0.25, 0.3) is 5.56 Å². The molecule has 0 amide bonds. The van der Waals surface area contributed by atoms with Crippen molar-refractivity contribution in [3.05, 3.63) is 55.4 Å². The minimum absolute atomic E-state index is 0.104. The minimum Gasteiger partial charge on any atom is -0.323 e. The van der Waals surface area contributed by atoms with Crippen molar-refractivity contribution >= 4 is 39.6 Å². The predicted molar refractivity (Wildman–Crippen MR) is 94.6 cm³/mol. The van der Waals surface area contributed by atoms with Gasteiger partial charge in [0.1, 0.15) is 10.6 Å². The molecule has 0 bridgehead atoms. The van der Waals surface area contributed by atoms with Gasteiger partial charge >= 0.3 is 6.18 Å². The van der Waals surface area contributed by atoms with E-state index in [2.05, 4.69) is 4.98 Å². The molecule has 0 saturated carbocycles. The number of thiophene rings is 1. The number of hydrogen-bond acceptors (Lipinski definition) is 4. The molecule has 0 unspecified atom stereocenters. The molecule has 1 aliphatic rings. The van der Waals surface area contributed by atoms with Gasteiger partial charge in [-0.05, 0) is 48.5 Å². The van der Waals surface area contributed by atoms with Gasteiger partial charge < -0.3 is 4.98 Å². The molecular weight excluding hydrogens is 385 g/mol. The second-order valence-corrected chi connectivity index (χ2v) is 7.53. The number of carbonyl (C=O) groups is 1. The Kier molecular flexibility index (Phi) is 3.89. The van der Waals surface area contributed by atoms with Crippen LogP contribution in [0.2, 0.25) is 0 Å². The number of nitrogens with zero attached hydrogens (tertiary/aromatic N) is 1. The van der Waals surface area contributed by atoms with Crippen LogP contribution in [0.25, 0.3) is 15.9 Å². The standard InChI is InChI=1S/C17H11F3N2O2S2/c18-17(19,20)8-1-3-9(4-2-8)22-15(24)13-11-6-5-10(23)7-12(11)26-14(13)21-16(22)25/h1-4H,5-7H2,(H,21,25). The molecule has 2 heterocycles. The van der Waals surface area contributed by atoms with Crippen molar-refractivity contribution < 1.29 is 18.0 Å². The van der Waals surface area contributed by atoms with E-state index in [0.717, 1.165) is 22.6 Å². The summed E-state index contributed by atoms with van der Waals surface area (Å²) >= 11 is 6.58. The maximum absolute atomic E-state index is 13.0. The number of nitrogens with one attached hydrogen (secondary N) is 1. The zero-order chi connectivity index (χ0) is 18.6. The summed E-state index contributed by atoms with van der Waals surface area (Å²) < 4.78 is 39.5. The largest absolute Gasteiger partial charge is 0.416 e. The molecule has 134 valence electrons. The van der Waals surface area contributed by atoms with E-state index < -0.39 is 11.7 Å². The highest BCUT2D eigenvalue weighted by atomic mass is 32.1. The summed E-state index contributed by atoms with van der Waals surface area (Å²) in [6.07, 6.45) is -3.28. The second-order valence-electron chi connectivity index (χ2n) is 6.04. The number of halogens is 3. The number of carbonyl (C=O) groups excluding carboxylic acids is 1. The summed E-state index contributed by atoms with van der Waals surface area (Å²) in [5, 5.41) is 0.464. The zero-order valence-corrected chi connectivity index (χ0v) is 14.8. The van der Waals surface area contributed by atoms with E-state index >= 15 is 0 Å². The lowest BCUT2D eigenvalue weighted by molar-refractivity contribution is -0.137. The van der Waals surface area contributed by atoms with E-state index in [-0.39, 0.29) is 21.8 Å². The number of ketones is 1. The van der Waals surface area contributed by atoms with Gasteiger partial charge in [-0.1, -0.05) is 0 Å². The number of aromatic amines is 1. The van der Waals surface area contributed by atoms with E-state index in [1.54, 1.807) is 0 Å². The first-order valence-corrected chi connectivity index (χ1v) is 8.97. The highest BCUT2D eigenvalue weighted by molar-refractivity contribution is 7.71. The number of fused-ring (bicyclic) bond motifs is 3. The molecule has 3 aromatic rings. The average Bonchev–Trinajstić information content (AvgIpc) is 2.91. The Balaban J connectivity index is 1.92. The maximum Gasteiger partial charge on any atom is 0.416 e. The summed E-state index contributed by atoms with van der Waals surface area (Å²) in [5.41, 5.74) is -0.0773. The fourth-order valence-electron chi connectivity index (χ4n) is 3.16. The third kappa shape index (κ3) is 2.71. The number of hydrogen-bond donors (Lipinski definition) is 1. The monoisotopic (exact) mass is 396 g/mol. The molecule has 0 radical (unpaired) electrons. The summed E-state index contributed by atoms with van der Waals surface area (Å²) in [5.74, 6) is 0.130. The molecule has 2 aromatic heterocycles. The van der Waals surface area contributed by atoms with Crippen LogP contribution < -0.4 is 5.56 Å². The molecular formula is C17H11F3N2O2S2. The van der Waals surface area contributed by atoms with Crippen LogP contribution in [0.15, 0.2) is 29.1 Å². The highest BCUT2D eigenvalue weighted by Crippen LogP contribution is 2.33. The van der Waals surface area contributed by atoms with Crippen molar-refractivity contribution in [1.29, 1.82) is 0 Å². The predicted octanol–water partition coefficient (Wildman–Crippen LogP) is 4.19. The van der Waals surface area contributed by atoms with Crippen molar-refractivity contribution in [3.63, 3.8) is 0 Å². The van der Waals surface area contributed by atoms with Gasteiger partial charge in [-0.15, -0.1) is 11.3 Å². The van der Waals surface area contributed by atoms with Crippen LogP contribution in [0.3, 0.4) is 0 Å². The first-order valence-electron chi connectivity index (χ1n) is 7.74. The van der Waals surface area contributed by atoms with Gasteiger partial charge in [0.2, 0.25) is 0 Å². The normalized spacial score (nSPS) is 14.7. The summed E-state index contributed by atoms with van der Waals surface area (Å²) in [7, 11) is 0. The number of rotatable bonds is 1. The van der Waals surface area contributed by atoms with Gasteiger partial charge in [0.05, 0.1) is 16.6 Å². The SMILES string of the molecule is O=C1CCc2c(sc3[nH]c(=S)n(-c4ccc(C(F)(F)F)cc4)c(=O)c23)C1. The molecule has 1 aliphatic carbocycles. The molecule has 4 rings (SSSR count). The zero-order valence-electron chi connectivity index (χ0n) is 13.1. The Morgan fingerprint density at radius 1 is 1.12 bits per heavy atom. The Morgan fingerprint density at radius 3 is 2.46 bits per heavy atom. The van der Waals surface area contributed by atoms with Gasteiger partial charge in [-0.2, -0.15) is 13.2 Å². The molecule has 1 aromatic carbocycles. The molecule has 0 spiro atoms. The van der Waals surface area contributed by atoms with Crippen LogP contribution in [0.1, 0.15) is 22.4 Å². The summed E-state index contributed by atoms with van der Waals surface area (Å²) in [4.78, 5) is 29.1. The van der Waals surface area contributed by atoms with Crippen LogP contribution in [0.4, 0.5) is 13.2 Å². The van der Waals surface area contributed by atoms with Crippen LogP contribution in [0, 0.1) is 4.77 Å². The molecule has 26 heavy (non-hydrogen) atoms. The lowest BCUT2D eigenvalue weighted by Gasteiger charge is -2.11. The average molecular weight is 396 g/mol. The van der Waals surface area contributed by atoms with Crippen LogP contribution in [0.5, 0.6) is 0 Å². The van der Waals surface area contributed by atoms with Gasteiger partial charge in [0, 0.05) is 17.7 Å². The third-order valence-electron chi connectivity index (χ3n) is 4.40. The van der Waals surface area contributed by atoms with Crippen molar-refractivity contribution in [1.82, 2.24) is 9.55 Å². The first kappa shape index (κ1) is 17.2. The number of benzene rings is 1. The molecule has 0 atom stereocenters. The molecule has 0 fully saturated rings. The molecule has 1 N–H and O–H groups in total. The molecule has 0 saturated heterocycles. The molecule has 9 heteroatoms. The fraction of sp³-hybridized carbons (Fsp3) is 0.235. The van der Waals surface area contributed by atoms with E-state index in [1.807, 2.05) is 0 Å². The van der Waals surface area contributed by atoms with Crippen molar-refractivity contribution in [2.75, 3.05) is 0 Å². The topological polar surface area (TPSA) is 54.9 Å². The second kappa shape index (κ2) is 5.88. The minimum atomic E-state index is -4.45. The lowest BCUT2D eigenvalue weighted by atomic mass is 9.96. The number of H-pyrrole nitrogens is 1. The maximum atomic E-state index is 13.0. The van der Waals surface area contributed by atoms with Crippen molar-refractivity contribution in [2.24, 2.45) is 0 Å². The third-order valence-corrected chi connectivity index (χ3v) is 5.83. The lowest BCUT2D eigenvalue weighted by Crippen LogP contribution is -2.21. The number of aromatic nitrogens is 2. The Hall–Kier alpha value is -2.26. The highest BCUT2D eigenvalue weighted by Gasteiger charge is 2.30. The van der Waals surface area contributed by atoms with E-state index in [0.29, 0.717) is 29.5 Å². The Bertz CT molecular complexity index is 1150. The Morgan fingerprint density at radius 2 is 1.81 bits per heavy atom. The van der Waals surface area contributed by atoms with E-state index in [4.69, 9.17) is 12.2 Å².